The Bertz CT molecular complexity index is 544. The Kier molecular flexibility index (Phi) is 2.75. The number of pyridine rings is 1. The van der Waals surface area contributed by atoms with E-state index in [-0.39, 0.29) is 10.6 Å². The van der Waals surface area contributed by atoms with Crippen LogP contribution in [0.2, 0.25) is 5.02 Å². The third kappa shape index (κ3) is 1.72. The van der Waals surface area contributed by atoms with Crippen molar-refractivity contribution >= 4 is 17.3 Å². The molecule has 0 bridgehead atoms. The maximum atomic E-state index is 13.7. The number of aromatic nitrogens is 1. The second-order valence-corrected chi connectivity index (χ2v) is 3.59. The van der Waals surface area contributed by atoms with Crippen LogP contribution >= 0.6 is 11.6 Å². The van der Waals surface area contributed by atoms with Crippen LogP contribution in [0.25, 0.3) is 11.1 Å². The Hall–Kier alpha value is -1.68. The second-order valence-electron chi connectivity index (χ2n) is 3.18. The van der Waals surface area contributed by atoms with E-state index in [0.29, 0.717) is 5.56 Å². The van der Waals surface area contributed by atoms with Gasteiger partial charge in [0.05, 0.1) is 5.02 Å². The van der Waals surface area contributed by atoms with Gasteiger partial charge in [0.25, 0.3) is 0 Å². The second kappa shape index (κ2) is 4.06. The molecule has 2 rings (SSSR count). The maximum absolute atomic E-state index is 13.7. The summed E-state index contributed by atoms with van der Waals surface area (Å²) >= 11 is 5.86. The first kappa shape index (κ1) is 10.8. The predicted octanol–water partition coefficient (Wildman–Crippen LogP) is 3.26. The minimum Gasteiger partial charge on any atom is -0.394 e. The molecule has 0 amide bonds. The van der Waals surface area contributed by atoms with Crippen LogP contribution < -0.4 is 5.73 Å². The van der Waals surface area contributed by atoms with Crippen LogP contribution in [0.1, 0.15) is 0 Å². The molecule has 0 saturated carbocycles. The summed E-state index contributed by atoms with van der Waals surface area (Å²) in [5, 5.41) is 0.285. The van der Waals surface area contributed by atoms with Crippen molar-refractivity contribution in [2.24, 2.45) is 0 Å². The Labute approximate surface area is 95.7 Å². The molecule has 0 aliphatic heterocycles. The van der Waals surface area contributed by atoms with Crippen LogP contribution in [0.4, 0.5) is 14.5 Å². The van der Waals surface area contributed by atoms with Crippen molar-refractivity contribution in [3.8, 4) is 11.1 Å². The van der Waals surface area contributed by atoms with Gasteiger partial charge in [0.15, 0.2) is 5.82 Å². The zero-order valence-electron chi connectivity index (χ0n) is 8.05. The number of anilines is 1. The minimum atomic E-state index is -0.812. The number of hydrogen-bond acceptors (Lipinski definition) is 2. The van der Waals surface area contributed by atoms with Crippen molar-refractivity contribution in [1.82, 2.24) is 4.98 Å². The third-order valence-electron chi connectivity index (χ3n) is 2.19. The summed E-state index contributed by atoms with van der Waals surface area (Å²) in [5.41, 5.74) is 5.34. The lowest BCUT2D eigenvalue weighted by molar-refractivity contribution is 0.594. The molecule has 0 fully saturated rings. The van der Waals surface area contributed by atoms with Crippen LogP contribution in [0, 0.1) is 11.6 Å². The Morgan fingerprint density at radius 1 is 1.12 bits per heavy atom. The highest BCUT2D eigenvalue weighted by atomic mass is 35.5. The van der Waals surface area contributed by atoms with E-state index < -0.39 is 17.3 Å². The zero-order valence-corrected chi connectivity index (χ0v) is 8.80. The van der Waals surface area contributed by atoms with Crippen molar-refractivity contribution in [3.63, 3.8) is 0 Å². The monoisotopic (exact) mass is 240 g/mol. The van der Waals surface area contributed by atoms with Gasteiger partial charge < -0.3 is 5.73 Å². The van der Waals surface area contributed by atoms with E-state index in [2.05, 4.69) is 4.98 Å². The van der Waals surface area contributed by atoms with Crippen molar-refractivity contribution < 1.29 is 8.78 Å². The smallest absolute Gasteiger partial charge is 0.156 e. The summed E-state index contributed by atoms with van der Waals surface area (Å²) in [7, 11) is 0. The van der Waals surface area contributed by atoms with E-state index in [1.807, 2.05) is 0 Å². The van der Waals surface area contributed by atoms with E-state index in [9.17, 15) is 8.78 Å². The normalized spacial score (nSPS) is 10.4. The molecule has 5 heteroatoms. The zero-order chi connectivity index (χ0) is 11.7. The molecule has 0 saturated heterocycles. The SMILES string of the molecule is Nc1c(F)ccc(-c2ccncc2Cl)c1F. The number of nitrogens with zero attached hydrogens (tertiary/aromatic N) is 1. The summed E-state index contributed by atoms with van der Waals surface area (Å²) < 4.78 is 26.6. The van der Waals surface area contributed by atoms with Gasteiger partial charge in [-0.15, -0.1) is 0 Å². The van der Waals surface area contributed by atoms with Gasteiger partial charge in [-0.3, -0.25) is 4.98 Å². The summed E-state index contributed by atoms with van der Waals surface area (Å²) in [5.74, 6) is -1.60. The fourth-order valence-electron chi connectivity index (χ4n) is 1.37. The van der Waals surface area contributed by atoms with Crippen molar-refractivity contribution in [1.29, 1.82) is 0 Å². The molecule has 0 atom stereocenters. The third-order valence-corrected chi connectivity index (χ3v) is 2.49. The quantitative estimate of drug-likeness (QED) is 0.777. The van der Waals surface area contributed by atoms with Gasteiger partial charge in [0.2, 0.25) is 0 Å². The molecule has 1 aromatic carbocycles. The van der Waals surface area contributed by atoms with E-state index in [0.717, 1.165) is 6.07 Å². The summed E-state index contributed by atoms with van der Waals surface area (Å²) in [6.07, 6.45) is 2.86. The number of rotatable bonds is 1. The number of hydrogen-bond donors (Lipinski definition) is 1. The molecular weight excluding hydrogens is 234 g/mol. The van der Waals surface area contributed by atoms with Gasteiger partial charge in [-0.1, -0.05) is 11.6 Å². The highest BCUT2D eigenvalue weighted by molar-refractivity contribution is 6.33. The number of benzene rings is 1. The Morgan fingerprint density at radius 3 is 2.56 bits per heavy atom. The fraction of sp³-hybridized carbons (Fsp3) is 0. The molecule has 0 radical (unpaired) electrons. The first-order valence-corrected chi connectivity index (χ1v) is 4.82. The van der Waals surface area contributed by atoms with Crippen LogP contribution in [0.15, 0.2) is 30.6 Å². The Balaban J connectivity index is 2.66. The highest BCUT2D eigenvalue weighted by Gasteiger charge is 2.14. The first-order chi connectivity index (χ1) is 7.61. The molecule has 0 spiro atoms. The van der Waals surface area contributed by atoms with Gasteiger partial charge in [0, 0.05) is 23.5 Å². The van der Waals surface area contributed by atoms with Gasteiger partial charge in [-0.05, 0) is 18.2 Å². The van der Waals surface area contributed by atoms with Gasteiger partial charge in [0.1, 0.15) is 11.5 Å². The molecule has 0 aliphatic rings. The average Bonchev–Trinajstić information content (AvgIpc) is 2.28. The first-order valence-electron chi connectivity index (χ1n) is 4.44. The molecule has 2 aromatic rings. The molecule has 2 nitrogen and oxygen atoms in total. The van der Waals surface area contributed by atoms with Crippen LogP contribution in [-0.4, -0.2) is 4.98 Å². The fourth-order valence-corrected chi connectivity index (χ4v) is 1.59. The molecular formula is C11H7ClF2N2. The van der Waals surface area contributed by atoms with Crippen LogP contribution in [0.5, 0.6) is 0 Å². The molecule has 0 aliphatic carbocycles. The van der Waals surface area contributed by atoms with Crippen molar-refractivity contribution in [2.45, 2.75) is 0 Å². The lowest BCUT2D eigenvalue weighted by atomic mass is 10.1. The minimum absolute atomic E-state index is 0.159. The number of halogens is 3. The predicted molar refractivity (Wildman–Crippen MR) is 59.0 cm³/mol. The molecule has 0 unspecified atom stereocenters. The maximum Gasteiger partial charge on any atom is 0.156 e. The average molecular weight is 241 g/mol. The van der Waals surface area contributed by atoms with Crippen LogP contribution in [0.3, 0.4) is 0 Å². The molecule has 1 aromatic heterocycles. The molecule has 2 N–H and O–H groups in total. The largest absolute Gasteiger partial charge is 0.394 e. The molecule has 82 valence electrons. The number of nitrogens with two attached hydrogens (primary N) is 1. The topological polar surface area (TPSA) is 38.9 Å². The summed E-state index contributed by atoms with van der Waals surface area (Å²) in [4.78, 5) is 3.78. The number of nitrogen functional groups attached to an aromatic ring is 1. The lowest BCUT2D eigenvalue weighted by Gasteiger charge is -2.07. The van der Waals surface area contributed by atoms with E-state index in [1.54, 1.807) is 0 Å². The lowest BCUT2D eigenvalue weighted by Crippen LogP contribution is -1.97. The molecule has 16 heavy (non-hydrogen) atoms. The summed E-state index contributed by atoms with van der Waals surface area (Å²) in [6, 6.07) is 3.94. The highest BCUT2D eigenvalue weighted by Crippen LogP contribution is 2.32. The van der Waals surface area contributed by atoms with E-state index >= 15 is 0 Å². The van der Waals surface area contributed by atoms with Crippen LogP contribution in [-0.2, 0) is 0 Å². The molecule has 1 heterocycles. The van der Waals surface area contributed by atoms with Gasteiger partial charge >= 0.3 is 0 Å². The van der Waals surface area contributed by atoms with E-state index in [4.69, 9.17) is 17.3 Å². The summed E-state index contributed by atoms with van der Waals surface area (Å²) in [6.45, 7) is 0. The van der Waals surface area contributed by atoms with Crippen molar-refractivity contribution in [3.05, 3.63) is 47.2 Å². The standard InChI is InChI=1S/C11H7ClF2N2/c12-8-5-16-4-3-6(8)7-1-2-9(13)11(15)10(7)14/h1-5H,15H2. The van der Waals surface area contributed by atoms with E-state index in [1.165, 1.54) is 24.5 Å². The van der Waals surface area contributed by atoms with Gasteiger partial charge in [-0.2, -0.15) is 0 Å². The Morgan fingerprint density at radius 2 is 1.88 bits per heavy atom. The van der Waals surface area contributed by atoms with Gasteiger partial charge in [-0.25, -0.2) is 8.78 Å². The van der Waals surface area contributed by atoms with Crippen molar-refractivity contribution in [2.75, 3.05) is 5.73 Å².